The van der Waals surface area contributed by atoms with E-state index in [-0.39, 0.29) is 13.0 Å². The van der Waals surface area contributed by atoms with E-state index in [0.717, 1.165) is 4.90 Å². The van der Waals surface area contributed by atoms with Crippen LogP contribution in [0.1, 0.15) is 29.3 Å². The predicted molar refractivity (Wildman–Crippen MR) is 72.4 cm³/mol. The van der Waals surface area contributed by atoms with Crippen LogP contribution in [0.4, 0.5) is 0 Å². The Bertz CT molecular complexity index is 608. The molecule has 0 saturated heterocycles. The Kier molecular flexibility index (Phi) is 4.47. The normalized spacial score (nSPS) is 13.9. The fourth-order valence-corrected chi connectivity index (χ4v) is 2.17. The third-order valence-corrected chi connectivity index (χ3v) is 3.12. The Morgan fingerprint density at radius 3 is 2.67 bits per heavy atom. The highest BCUT2D eigenvalue weighted by Crippen LogP contribution is 2.19. The van der Waals surface area contributed by atoms with E-state index >= 15 is 0 Å². The summed E-state index contributed by atoms with van der Waals surface area (Å²) in [5, 5.41) is 0. The van der Waals surface area contributed by atoms with E-state index in [0.29, 0.717) is 11.1 Å². The molecule has 0 unspecified atom stereocenters. The number of ether oxygens (including phenoxy) is 1. The number of carbonyl (C=O) groups is 4. The van der Waals surface area contributed by atoms with Crippen LogP contribution in [0.3, 0.4) is 0 Å². The Morgan fingerprint density at radius 1 is 1.24 bits per heavy atom. The Labute approximate surface area is 121 Å². The lowest BCUT2D eigenvalue weighted by Crippen LogP contribution is -2.45. The SMILES string of the molecule is CCOC(=O)CC(=O)CN1C(=O)Cc2ccccc2C1=O. The third kappa shape index (κ3) is 3.34. The summed E-state index contributed by atoms with van der Waals surface area (Å²) in [6.07, 6.45) is -0.360. The molecule has 0 N–H and O–H groups in total. The number of esters is 1. The number of ketones is 1. The number of hydrogen-bond acceptors (Lipinski definition) is 5. The Morgan fingerprint density at radius 2 is 1.95 bits per heavy atom. The van der Waals surface area contributed by atoms with Gasteiger partial charge in [0.1, 0.15) is 6.42 Å². The topological polar surface area (TPSA) is 80.8 Å². The first-order valence-electron chi connectivity index (χ1n) is 6.62. The monoisotopic (exact) mass is 289 g/mol. The van der Waals surface area contributed by atoms with E-state index in [9.17, 15) is 19.2 Å². The van der Waals surface area contributed by atoms with Gasteiger partial charge >= 0.3 is 5.97 Å². The van der Waals surface area contributed by atoms with Crippen molar-refractivity contribution in [3.05, 3.63) is 35.4 Å². The summed E-state index contributed by atoms with van der Waals surface area (Å²) in [6.45, 7) is 1.42. The van der Waals surface area contributed by atoms with Gasteiger partial charge in [-0.3, -0.25) is 24.1 Å². The third-order valence-electron chi connectivity index (χ3n) is 3.12. The minimum atomic E-state index is -0.653. The minimum absolute atomic E-state index is 0.0780. The van der Waals surface area contributed by atoms with Gasteiger partial charge in [0.25, 0.3) is 5.91 Å². The van der Waals surface area contributed by atoms with Crippen molar-refractivity contribution in [2.24, 2.45) is 0 Å². The van der Waals surface area contributed by atoms with Crippen molar-refractivity contribution in [2.45, 2.75) is 19.8 Å². The van der Waals surface area contributed by atoms with Crippen LogP contribution in [0.25, 0.3) is 0 Å². The number of imide groups is 1. The van der Waals surface area contributed by atoms with E-state index in [1.54, 1.807) is 31.2 Å². The molecule has 2 rings (SSSR count). The number of Topliss-reactive ketones (excluding diaryl/α,β-unsaturated/α-hetero) is 1. The largest absolute Gasteiger partial charge is 0.466 e. The van der Waals surface area contributed by atoms with Gasteiger partial charge in [0.05, 0.1) is 19.6 Å². The molecule has 0 aromatic heterocycles. The zero-order valence-electron chi connectivity index (χ0n) is 11.6. The molecule has 0 spiro atoms. The Balaban J connectivity index is 2.07. The highest BCUT2D eigenvalue weighted by Gasteiger charge is 2.32. The van der Waals surface area contributed by atoms with Crippen molar-refractivity contribution >= 4 is 23.6 Å². The highest BCUT2D eigenvalue weighted by molar-refractivity contribution is 6.12. The summed E-state index contributed by atoms with van der Waals surface area (Å²) in [4.78, 5) is 48.0. The van der Waals surface area contributed by atoms with Crippen LogP contribution in [0.15, 0.2) is 24.3 Å². The van der Waals surface area contributed by atoms with Gasteiger partial charge in [-0.2, -0.15) is 0 Å². The van der Waals surface area contributed by atoms with Crippen molar-refractivity contribution in [1.29, 1.82) is 0 Å². The van der Waals surface area contributed by atoms with Crippen LogP contribution in [-0.2, 0) is 25.5 Å². The molecule has 1 aromatic carbocycles. The molecule has 0 saturated carbocycles. The molecule has 0 atom stereocenters. The summed E-state index contributed by atoms with van der Waals surface area (Å²) in [6, 6.07) is 6.78. The van der Waals surface area contributed by atoms with Gasteiger partial charge in [-0.1, -0.05) is 18.2 Å². The molecule has 2 amide bonds. The molecule has 21 heavy (non-hydrogen) atoms. The van der Waals surface area contributed by atoms with Crippen LogP contribution < -0.4 is 0 Å². The molecule has 1 aliphatic heterocycles. The van der Waals surface area contributed by atoms with Gasteiger partial charge in [-0.05, 0) is 18.6 Å². The van der Waals surface area contributed by atoms with E-state index < -0.39 is 36.5 Å². The molecule has 0 bridgehead atoms. The summed E-state index contributed by atoms with van der Waals surface area (Å²) >= 11 is 0. The van der Waals surface area contributed by atoms with Crippen molar-refractivity contribution < 1.29 is 23.9 Å². The van der Waals surface area contributed by atoms with Crippen LogP contribution in [0.5, 0.6) is 0 Å². The molecule has 0 fully saturated rings. The fourth-order valence-electron chi connectivity index (χ4n) is 2.17. The fraction of sp³-hybridized carbons (Fsp3) is 0.333. The average Bonchev–Trinajstić information content (AvgIpc) is 2.43. The van der Waals surface area contributed by atoms with E-state index in [1.807, 2.05) is 0 Å². The summed E-state index contributed by atoms with van der Waals surface area (Å²) in [5.74, 6) is -2.11. The molecule has 0 aliphatic carbocycles. The van der Waals surface area contributed by atoms with Crippen LogP contribution in [0, 0.1) is 0 Å². The van der Waals surface area contributed by atoms with Crippen LogP contribution in [-0.4, -0.2) is 41.6 Å². The summed E-state index contributed by atoms with van der Waals surface area (Å²) in [5.41, 5.74) is 1.07. The molecule has 6 nitrogen and oxygen atoms in total. The van der Waals surface area contributed by atoms with Crippen molar-refractivity contribution in [3.8, 4) is 0 Å². The first-order valence-corrected chi connectivity index (χ1v) is 6.62. The number of rotatable bonds is 5. The number of carbonyl (C=O) groups excluding carboxylic acids is 4. The molecule has 1 aromatic rings. The average molecular weight is 289 g/mol. The number of benzene rings is 1. The summed E-state index contributed by atoms with van der Waals surface area (Å²) in [7, 11) is 0. The maximum absolute atomic E-state index is 12.2. The van der Waals surface area contributed by atoms with E-state index in [2.05, 4.69) is 4.74 Å². The Hall–Kier alpha value is -2.50. The summed E-state index contributed by atoms with van der Waals surface area (Å²) < 4.78 is 4.66. The van der Waals surface area contributed by atoms with Crippen molar-refractivity contribution in [2.75, 3.05) is 13.2 Å². The number of nitrogens with zero attached hydrogens (tertiary/aromatic N) is 1. The lowest BCUT2D eigenvalue weighted by molar-refractivity contribution is -0.146. The van der Waals surface area contributed by atoms with Crippen molar-refractivity contribution in [3.63, 3.8) is 0 Å². The van der Waals surface area contributed by atoms with Crippen molar-refractivity contribution in [1.82, 2.24) is 4.90 Å². The number of amides is 2. The first kappa shape index (κ1) is 14.9. The van der Waals surface area contributed by atoms with Crippen LogP contribution in [0.2, 0.25) is 0 Å². The number of hydrogen-bond donors (Lipinski definition) is 0. The number of fused-ring (bicyclic) bond motifs is 1. The second kappa shape index (κ2) is 6.30. The molecular formula is C15H15NO5. The van der Waals surface area contributed by atoms with E-state index in [1.165, 1.54) is 0 Å². The van der Waals surface area contributed by atoms with Gasteiger partial charge in [-0.15, -0.1) is 0 Å². The molecule has 1 heterocycles. The molecule has 6 heteroatoms. The predicted octanol–water partition coefficient (Wildman–Crippen LogP) is 0.734. The lowest BCUT2D eigenvalue weighted by atomic mass is 9.98. The lowest BCUT2D eigenvalue weighted by Gasteiger charge is -2.26. The molecular weight excluding hydrogens is 274 g/mol. The standard InChI is InChI=1S/C15H15NO5/c1-2-21-14(19)8-11(17)9-16-13(18)7-10-5-3-4-6-12(10)15(16)20/h3-6H,2,7-9H2,1H3. The van der Waals surface area contributed by atoms with Gasteiger partial charge in [-0.25, -0.2) is 0 Å². The van der Waals surface area contributed by atoms with Gasteiger partial charge < -0.3 is 4.74 Å². The second-order valence-corrected chi connectivity index (χ2v) is 4.64. The highest BCUT2D eigenvalue weighted by atomic mass is 16.5. The zero-order valence-corrected chi connectivity index (χ0v) is 11.6. The van der Waals surface area contributed by atoms with Gasteiger partial charge in [0.2, 0.25) is 5.91 Å². The minimum Gasteiger partial charge on any atom is -0.466 e. The zero-order chi connectivity index (χ0) is 15.4. The maximum atomic E-state index is 12.2. The van der Waals surface area contributed by atoms with Gasteiger partial charge in [0.15, 0.2) is 5.78 Å². The smallest absolute Gasteiger partial charge is 0.313 e. The first-order chi connectivity index (χ1) is 10.0. The van der Waals surface area contributed by atoms with Gasteiger partial charge in [0, 0.05) is 5.56 Å². The molecule has 0 radical (unpaired) electrons. The molecule has 1 aliphatic rings. The second-order valence-electron chi connectivity index (χ2n) is 4.64. The molecule has 110 valence electrons. The quantitative estimate of drug-likeness (QED) is 0.453. The van der Waals surface area contributed by atoms with E-state index in [4.69, 9.17) is 0 Å². The van der Waals surface area contributed by atoms with Crippen LogP contribution >= 0.6 is 0 Å². The maximum Gasteiger partial charge on any atom is 0.313 e.